The van der Waals surface area contributed by atoms with Crippen LogP contribution in [0.15, 0.2) is 0 Å². The van der Waals surface area contributed by atoms with Crippen LogP contribution in [-0.4, -0.2) is 41.4 Å². The van der Waals surface area contributed by atoms with Crippen molar-refractivity contribution in [2.75, 3.05) is 25.4 Å². The Morgan fingerprint density at radius 3 is 2.47 bits per heavy atom. The molecule has 15 heavy (non-hydrogen) atoms. The molecule has 1 amide bonds. The quantitative estimate of drug-likeness (QED) is 0.795. The van der Waals surface area contributed by atoms with E-state index in [0.717, 1.165) is 18.8 Å². The topological polar surface area (TPSA) is 46.3 Å². The van der Waals surface area contributed by atoms with Gasteiger partial charge in [0.15, 0.2) is 0 Å². The van der Waals surface area contributed by atoms with Gasteiger partial charge in [0, 0.05) is 25.4 Å². The molecule has 1 saturated heterocycles. The van der Waals surface area contributed by atoms with E-state index in [9.17, 15) is 4.79 Å². The van der Waals surface area contributed by atoms with E-state index in [0.29, 0.717) is 12.5 Å². The molecule has 0 spiro atoms. The van der Waals surface area contributed by atoms with Crippen LogP contribution in [0.5, 0.6) is 0 Å². The van der Waals surface area contributed by atoms with Gasteiger partial charge in [-0.2, -0.15) is 0 Å². The molecule has 0 aromatic heterocycles. The highest BCUT2D eigenvalue weighted by atomic mass is 32.2. The van der Waals surface area contributed by atoms with E-state index in [2.05, 4.69) is 0 Å². The summed E-state index contributed by atoms with van der Waals surface area (Å²) in [6.45, 7) is 4.55. The Kier molecular flexibility index (Phi) is 6.10. The zero-order valence-electron chi connectivity index (χ0n) is 9.58. The summed E-state index contributed by atoms with van der Waals surface area (Å²) >= 11 is 1.67. The minimum atomic E-state index is 0.0756. The van der Waals surface area contributed by atoms with Crippen LogP contribution in [0.3, 0.4) is 0 Å². The molecule has 0 aromatic rings. The second kappa shape index (κ2) is 7.12. The summed E-state index contributed by atoms with van der Waals surface area (Å²) in [5.74, 6) is 1.18. The van der Waals surface area contributed by atoms with Gasteiger partial charge in [-0.1, -0.05) is 12.8 Å². The number of hydrogen-bond donors (Lipinski definition) is 1. The Balaban J connectivity index is 2.35. The van der Waals surface area contributed by atoms with Gasteiger partial charge in [0.25, 0.3) is 0 Å². The fourth-order valence-electron chi connectivity index (χ4n) is 1.86. The van der Waals surface area contributed by atoms with Gasteiger partial charge in [-0.3, -0.25) is 4.79 Å². The first-order chi connectivity index (χ1) is 7.25. The normalized spacial score (nSPS) is 19.7. The molecule has 4 heteroatoms. The highest BCUT2D eigenvalue weighted by molar-refractivity contribution is 8.00. The average Bonchev–Trinajstić information content (AvgIpc) is 2.53. The molecule has 0 aromatic carbocycles. The van der Waals surface area contributed by atoms with Crippen LogP contribution in [0.1, 0.15) is 32.6 Å². The maximum absolute atomic E-state index is 12.0. The molecule has 0 saturated carbocycles. The first kappa shape index (κ1) is 12.8. The van der Waals surface area contributed by atoms with Crippen molar-refractivity contribution in [1.29, 1.82) is 0 Å². The van der Waals surface area contributed by atoms with Crippen LogP contribution in [0.4, 0.5) is 0 Å². The minimum absolute atomic E-state index is 0.0756. The smallest absolute Gasteiger partial charge is 0.235 e. The van der Waals surface area contributed by atoms with Gasteiger partial charge < -0.3 is 10.6 Å². The molecule has 1 unspecified atom stereocenters. The molecule has 1 heterocycles. The number of nitrogens with zero attached hydrogens (tertiary/aromatic N) is 1. The van der Waals surface area contributed by atoms with E-state index in [4.69, 9.17) is 5.73 Å². The third kappa shape index (κ3) is 4.43. The summed E-state index contributed by atoms with van der Waals surface area (Å²) in [6, 6.07) is 0. The Bertz CT molecular complexity index is 191. The summed E-state index contributed by atoms with van der Waals surface area (Å²) in [5.41, 5.74) is 5.43. The summed E-state index contributed by atoms with van der Waals surface area (Å²) in [5, 5.41) is 0.0756. The van der Waals surface area contributed by atoms with Crippen LogP contribution >= 0.6 is 11.8 Å². The van der Waals surface area contributed by atoms with Crippen molar-refractivity contribution in [3.8, 4) is 0 Å². The lowest BCUT2D eigenvalue weighted by Crippen LogP contribution is -2.37. The molecule has 0 aliphatic carbocycles. The Labute approximate surface area is 96.8 Å². The molecule has 1 aliphatic rings. The average molecular weight is 230 g/mol. The Morgan fingerprint density at radius 1 is 1.33 bits per heavy atom. The van der Waals surface area contributed by atoms with Crippen LogP contribution in [0.25, 0.3) is 0 Å². The maximum Gasteiger partial charge on any atom is 0.235 e. The monoisotopic (exact) mass is 230 g/mol. The summed E-state index contributed by atoms with van der Waals surface area (Å²) < 4.78 is 0. The fourth-order valence-corrected chi connectivity index (χ4v) is 2.65. The lowest BCUT2D eigenvalue weighted by molar-refractivity contribution is -0.130. The van der Waals surface area contributed by atoms with E-state index < -0.39 is 0 Å². The van der Waals surface area contributed by atoms with Gasteiger partial charge >= 0.3 is 0 Å². The molecular formula is C11H22N2OS. The Morgan fingerprint density at radius 2 is 1.93 bits per heavy atom. The minimum Gasteiger partial charge on any atom is -0.342 e. The number of likely N-dealkylation sites (tertiary alicyclic amines) is 1. The highest BCUT2D eigenvalue weighted by Gasteiger charge is 2.21. The van der Waals surface area contributed by atoms with Gasteiger partial charge in [0.2, 0.25) is 5.91 Å². The third-order valence-electron chi connectivity index (χ3n) is 2.75. The molecule has 1 fully saturated rings. The first-order valence-corrected chi connectivity index (χ1v) is 6.91. The summed E-state index contributed by atoms with van der Waals surface area (Å²) in [4.78, 5) is 14.0. The number of amides is 1. The van der Waals surface area contributed by atoms with Gasteiger partial charge in [0.1, 0.15) is 0 Å². The van der Waals surface area contributed by atoms with E-state index in [1.54, 1.807) is 11.8 Å². The molecule has 1 aliphatic heterocycles. The summed E-state index contributed by atoms with van der Waals surface area (Å²) in [6.07, 6.45) is 4.88. The predicted molar refractivity (Wildman–Crippen MR) is 66.0 cm³/mol. The number of nitrogens with two attached hydrogens (primary N) is 1. The number of rotatable bonds is 4. The SMILES string of the molecule is CC(SCCN)C(=O)N1CCCCCC1. The number of thioether (sulfide) groups is 1. The zero-order chi connectivity index (χ0) is 11.1. The lowest BCUT2D eigenvalue weighted by atomic mass is 10.2. The van der Waals surface area contributed by atoms with Crippen molar-refractivity contribution in [3.05, 3.63) is 0 Å². The molecular weight excluding hydrogens is 208 g/mol. The van der Waals surface area contributed by atoms with E-state index in [1.807, 2.05) is 11.8 Å². The van der Waals surface area contributed by atoms with Crippen LogP contribution in [0.2, 0.25) is 0 Å². The summed E-state index contributed by atoms with van der Waals surface area (Å²) in [7, 11) is 0. The van der Waals surface area contributed by atoms with Crippen molar-refractivity contribution in [3.63, 3.8) is 0 Å². The molecule has 1 atom stereocenters. The Hall–Kier alpha value is -0.220. The van der Waals surface area contributed by atoms with Gasteiger partial charge in [0.05, 0.1) is 5.25 Å². The van der Waals surface area contributed by atoms with E-state index in [1.165, 1.54) is 25.7 Å². The molecule has 88 valence electrons. The maximum atomic E-state index is 12.0. The van der Waals surface area contributed by atoms with Crippen molar-refractivity contribution >= 4 is 17.7 Å². The predicted octanol–water partition coefficient (Wildman–Crippen LogP) is 1.47. The number of carbonyl (C=O) groups excluding carboxylic acids is 1. The van der Waals surface area contributed by atoms with Gasteiger partial charge in [-0.25, -0.2) is 0 Å². The molecule has 1 rings (SSSR count). The highest BCUT2D eigenvalue weighted by Crippen LogP contribution is 2.16. The van der Waals surface area contributed by atoms with Crippen molar-refractivity contribution in [2.45, 2.75) is 37.9 Å². The van der Waals surface area contributed by atoms with Crippen LogP contribution in [-0.2, 0) is 4.79 Å². The number of hydrogen-bond acceptors (Lipinski definition) is 3. The van der Waals surface area contributed by atoms with Crippen LogP contribution in [0, 0.1) is 0 Å². The second-order valence-corrected chi connectivity index (χ2v) is 5.49. The van der Waals surface area contributed by atoms with Gasteiger partial charge in [-0.15, -0.1) is 11.8 Å². The molecule has 0 radical (unpaired) electrons. The standard InChI is InChI=1S/C11H22N2OS/c1-10(15-9-6-12)11(14)13-7-4-2-3-5-8-13/h10H,2-9,12H2,1H3. The van der Waals surface area contributed by atoms with Gasteiger partial charge in [-0.05, 0) is 19.8 Å². The molecule has 2 N–H and O–H groups in total. The molecule has 0 bridgehead atoms. The van der Waals surface area contributed by atoms with E-state index in [-0.39, 0.29) is 5.25 Å². The molecule has 3 nitrogen and oxygen atoms in total. The van der Waals surface area contributed by atoms with Crippen molar-refractivity contribution in [2.24, 2.45) is 5.73 Å². The van der Waals surface area contributed by atoms with E-state index >= 15 is 0 Å². The van der Waals surface area contributed by atoms with Crippen molar-refractivity contribution in [1.82, 2.24) is 4.90 Å². The fraction of sp³-hybridized carbons (Fsp3) is 0.909. The second-order valence-electron chi connectivity index (χ2n) is 4.04. The zero-order valence-corrected chi connectivity index (χ0v) is 10.4. The largest absolute Gasteiger partial charge is 0.342 e. The third-order valence-corrected chi connectivity index (χ3v) is 3.92. The van der Waals surface area contributed by atoms with Crippen molar-refractivity contribution < 1.29 is 4.79 Å². The lowest BCUT2D eigenvalue weighted by Gasteiger charge is -2.23. The van der Waals surface area contributed by atoms with Crippen LogP contribution < -0.4 is 5.73 Å². The first-order valence-electron chi connectivity index (χ1n) is 5.86. The number of carbonyl (C=O) groups is 1.